The molecule has 2 aliphatic carbocycles. The Balaban J connectivity index is 1.07. The van der Waals surface area contributed by atoms with Crippen molar-refractivity contribution >= 4 is 65.6 Å². The van der Waals surface area contributed by atoms with Gasteiger partial charge in [0.1, 0.15) is 22.3 Å². The van der Waals surface area contributed by atoms with Gasteiger partial charge in [-0.2, -0.15) is 0 Å². The van der Waals surface area contributed by atoms with Crippen molar-refractivity contribution in [1.29, 1.82) is 0 Å². The van der Waals surface area contributed by atoms with Gasteiger partial charge in [0, 0.05) is 49.0 Å². The van der Waals surface area contributed by atoms with E-state index in [9.17, 15) is 0 Å². The molecular formula is C62H35NO2. The van der Waals surface area contributed by atoms with Crippen LogP contribution in [0.25, 0.3) is 121 Å². The molecule has 0 fully saturated rings. The maximum Gasteiger partial charge on any atom is 0.143 e. The van der Waals surface area contributed by atoms with E-state index in [0.29, 0.717) is 0 Å². The molecule has 0 unspecified atom stereocenters. The van der Waals surface area contributed by atoms with E-state index in [2.05, 4.69) is 200 Å². The third-order valence-electron chi connectivity index (χ3n) is 14.5. The highest BCUT2D eigenvalue weighted by molar-refractivity contribution is 6.16. The molecule has 0 bridgehead atoms. The standard InChI is InChI=1S/C62H35NO2/c1-7-25-52-41(15-1)42-16-2-8-26-53(42)62(52)54-27-9-3-17-43(54)50-34-49-44-18-4-10-28-56(44)63-59(51(49)35-55(50)62)38-32-36(39-21-13-23-47-45-19-5-11-29-57(45)64-60(39)47)31-37(33-38)40-22-14-24-48-46-20-6-12-30-58(46)65-61(40)48/h1-35H. The summed E-state index contributed by atoms with van der Waals surface area (Å²) in [6.07, 6.45) is 0. The average molecular weight is 826 g/mol. The van der Waals surface area contributed by atoms with Crippen LogP contribution >= 0.6 is 0 Å². The Labute approximate surface area is 373 Å². The summed E-state index contributed by atoms with van der Waals surface area (Å²) in [7, 11) is 0. The van der Waals surface area contributed by atoms with Gasteiger partial charge in [0.2, 0.25) is 0 Å². The maximum atomic E-state index is 6.73. The number of benzene rings is 10. The zero-order valence-electron chi connectivity index (χ0n) is 35.0. The van der Waals surface area contributed by atoms with Gasteiger partial charge in [0.05, 0.1) is 16.6 Å². The monoisotopic (exact) mass is 825 g/mol. The molecule has 3 heterocycles. The first-order valence-corrected chi connectivity index (χ1v) is 22.4. The van der Waals surface area contributed by atoms with E-state index in [1.807, 2.05) is 12.1 Å². The molecule has 3 aromatic heterocycles. The van der Waals surface area contributed by atoms with Crippen LogP contribution in [0.3, 0.4) is 0 Å². The average Bonchev–Trinajstić information content (AvgIpc) is 4.11. The minimum atomic E-state index is -0.489. The Morgan fingerprint density at radius 2 is 0.738 bits per heavy atom. The Kier molecular flexibility index (Phi) is 6.88. The molecule has 0 aliphatic heterocycles. The quantitative estimate of drug-likeness (QED) is 0.167. The molecule has 2 aliphatic rings. The minimum Gasteiger partial charge on any atom is -0.455 e. The first-order valence-electron chi connectivity index (χ1n) is 22.4. The van der Waals surface area contributed by atoms with Gasteiger partial charge in [-0.25, -0.2) is 4.98 Å². The lowest BCUT2D eigenvalue weighted by molar-refractivity contribution is 0.670. The number of nitrogens with zero attached hydrogens (tertiary/aromatic N) is 1. The number of pyridine rings is 1. The molecule has 300 valence electrons. The van der Waals surface area contributed by atoms with E-state index in [-0.39, 0.29) is 0 Å². The van der Waals surface area contributed by atoms with Gasteiger partial charge < -0.3 is 8.83 Å². The number of hydrogen-bond acceptors (Lipinski definition) is 3. The highest BCUT2D eigenvalue weighted by Crippen LogP contribution is 2.63. The van der Waals surface area contributed by atoms with Crippen molar-refractivity contribution in [3.05, 3.63) is 235 Å². The lowest BCUT2D eigenvalue weighted by atomic mass is 9.70. The number of hydrogen-bond donors (Lipinski definition) is 0. The van der Waals surface area contributed by atoms with Crippen molar-refractivity contribution in [3.63, 3.8) is 0 Å². The van der Waals surface area contributed by atoms with Gasteiger partial charge >= 0.3 is 0 Å². The van der Waals surface area contributed by atoms with Crippen LogP contribution in [-0.4, -0.2) is 4.98 Å². The van der Waals surface area contributed by atoms with Gasteiger partial charge in [-0.3, -0.25) is 0 Å². The second-order valence-electron chi connectivity index (χ2n) is 17.7. The Morgan fingerprint density at radius 3 is 1.32 bits per heavy atom. The molecule has 65 heavy (non-hydrogen) atoms. The minimum absolute atomic E-state index is 0.489. The SMILES string of the molecule is c1ccc2c(c1)-c1ccccc1C21c2ccccc2-c2cc3c(cc21)c(-c1cc(-c2cccc4c2oc2ccccc24)cc(-c2cccc4c2oc2ccccc24)c1)nc1ccccc13. The van der Waals surface area contributed by atoms with E-state index in [1.54, 1.807) is 0 Å². The zero-order valence-corrected chi connectivity index (χ0v) is 35.0. The fourth-order valence-electron chi connectivity index (χ4n) is 11.8. The predicted octanol–water partition coefficient (Wildman–Crippen LogP) is 16.5. The summed E-state index contributed by atoms with van der Waals surface area (Å²) in [5, 5.41) is 7.83. The summed E-state index contributed by atoms with van der Waals surface area (Å²) in [6.45, 7) is 0. The second kappa shape index (κ2) is 12.8. The highest BCUT2D eigenvalue weighted by Gasteiger charge is 2.51. The van der Waals surface area contributed by atoms with Crippen LogP contribution in [0.15, 0.2) is 221 Å². The number of aromatic nitrogens is 1. The van der Waals surface area contributed by atoms with Crippen LogP contribution in [0.5, 0.6) is 0 Å². The largest absolute Gasteiger partial charge is 0.455 e. The molecule has 0 amide bonds. The molecule has 3 nitrogen and oxygen atoms in total. The van der Waals surface area contributed by atoms with E-state index < -0.39 is 5.41 Å². The first kappa shape index (κ1) is 35.0. The highest BCUT2D eigenvalue weighted by atomic mass is 16.3. The van der Waals surface area contributed by atoms with Crippen molar-refractivity contribution in [3.8, 4) is 55.8 Å². The number of rotatable bonds is 3. The third kappa shape index (κ3) is 4.61. The zero-order chi connectivity index (χ0) is 42.4. The van der Waals surface area contributed by atoms with Crippen LogP contribution in [0, 0.1) is 0 Å². The molecule has 0 atom stereocenters. The van der Waals surface area contributed by atoms with E-state index in [4.69, 9.17) is 13.8 Å². The van der Waals surface area contributed by atoms with E-state index in [0.717, 1.165) is 93.7 Å². The number of fused-ring (bicyclic) bond motifs is 19. The number of para-hydroxylation sites is 5. The van der Waals surface area contributed by atoms with Crippen LogP contribution < -0.4 is 0 Å². The van der Waals surface area contributed by atoms with E-state index >= 15 is 0 Å². The summed E-state index contributed by atoms with van der Waals surface area (Å²) in [6, 6.07) is 77.2. The lowest BCUT2D eigenvalue weighted by Crippen LogP contribution is -2.25. The molecule has 1 spiro atoms. The molecular weight excluding hydrogens is 791 g/mol. The van der Waals surface area contributed by atoms with Crippen LogP contribution in [0.1, 0.15) is 22.3 Å². The molecule has 0 saturated heterocycles. The van der Waals surface area contributed by atoms with Gasteiger partial charge in [0.25, 0.3) is 0 Å². The fraction of sp³-hybridized carbons (Fsp3) is 0.0161. The molecule has 10 aromatic carbocycles. The van der Waals surface area contributed by atoms with Crippen molar-refractivity contribution in [1.82, 2.24) is 4.98 Å². The molecule has 0 N–H and O–H groups in total. The summed E-state index contributed by atoms with van der Waals surface area (Å²) < 4.78 is 13.5. The van der Waals surface area contributed by atoms with Gasteiger partial charge in [-0.15, -0.1) is 0 Å². The van der Waals surface area contributed by atoms with Crippen LogP contribution in [-0.2, 0) is 5.41 Å². The predicted molar refractivity (Wildman–Crippen MR) is 266 cm³/mol. The topological polar surface area (TPSA) is 39.2 Å². The Morgan fingerprint density at radius 1 is 0.292 bits per heavy atom. The van der Waals surface area contributed by atoms with Gasteiger partial charge in [-0.1, -0.05) is 164 Å². The Hall–Kier alpha value is -8.53. The molecule has 15 rings (SSSR count). The molecule has 0 saturated carbocycles. The summed E-state index contributed by atoms with van der Waals surface area (Å²) >= 11 is 0. The number of furan rings is 2. The Bertz CT molecular complexity index is 4030. The van der Waals surface area contributed by atoms with Crippen LogP contribution in [0.4, 0.5) is 0 Å². The summed E-state index contributed by atoms with van der Waals surface area (Å²) in [5.41, 5.74) is 20.4. The van der Waals surface area contributed by atoms with Gasteiger partial charge in [0.15, 0.2) is 0 Å². The maximum absolute atomic E-state index is 6.73. The second-order valence-corrected chi connectivity index (χ2v) is 17.7. The molecule has 3 heteroatoms. The summed E-state index contributed by atoms with van der Waals surface area (Å²) in [5.74, 6) is 0. The van der Waals surface area contributed by atoms with E-state index in [1.165, 1.54) is 49.9 Å². The van der Waals surface area contributed by atoms with Crippen molar-refractivity contribution in [2.75, 3.05) is 0 Å². The molecule has 13 aromatic rings. The third-order valence-corrected chi connectivity index (χ3v) is 14.5. The smallest absolute Gasteiger partial charge is 0.143 e. The van der Waals surface area contributed by atoms with Crippen molar-refractivity contribution in [2.24, 2.45) is 0 Å². The van der Waals surface area contributed by atoms with Crippen molar-refractivity contribution in [2.45, 2.75) is 5.41 Å². The first-order chi connectivity index (χ1) is 32.2. The normalized spacial score (nSPS) is 13.4. The van der Waals surface area contributed by atoms with Gasteiger partial charge in [-0.05, 0) is 110 Å². The molecule has 0 radical (unpaired) electrons. The van der Waals surface area contributed by atoms with Crippen LogP contribution in [0.2, 0.25) is 0 Å². The summed E-state index contributed by atoms with van der Waals surface area (Å²) in [4.78, 5) is 5.67. The lowest BCUT2D eigenvalue weighted by Gasteiger charge is -2.30. The van der Waals surface area contributed by atoms with Crippen molar-refractivity contribution < 1.29 is 8.83 Å². The fourth-order valence-corrected chi connectivity index (χ4v) is 11.8.